The Hall–Kier alpha value is -4.33. The van der Waals surface area contributed by atoms with Gasteiger partial charge in [-0.05, 0) is 97.8 Å². The molecule has 4 aromatic carbocycles. The van der Waals surface area contributed by atoms with Crippen LogP contribution >= 0.6 is 11.6 Å². The van der Waals surface area contributed by atoms with Crippen LogP contribution in [0.5, 0.6) is 5.75 Å². The van der Waals surface area contributed by atoms with Gasteiger partial charge < -0.3 is 4.74 Å². The van der Waals surface area contributed by atoms with Gasteiger partial charge in [0.2, 0.25) is 0 Å². The Morgan fingerprint density at radius 3 is 2.09 bits per heavy atom. The summed E-state index contributed by atoms with van der Waals surface area (Å²) >= 11 is 6.21. The minimum Gasteiger partial charge on any atom is -0.423 e. The zero-order valence-electron chi connectivity index (χ0n) is 24.7. The molecule has 0 saturated heterocycles. The average molecular weight is 693 g/mol. The monoisotopic (exact) mass is 692 g/mol. The van der Waals surface area contributed by atoms with Gasteiger partial charge in [0.1, 0.15) is 5.75 Å². The van der Waals surface area contributed by atoms with E-state index < -0.39 is 42.7 Å². The van der Waals surface area contributed by atoms with E-state index in [4.69, 9.17) is 16.3 Å². The van der Waals surface area contributed by atoms with Gasteiger partial charge >= 0.3 is 12.1 Å². The maximum Gasteiger partial charge on any atom is 0.416 e. The Morgan fingerprint density at radius 2 is 1.48 bits per heavy atom. The van der Waals surface area contributed by atoms with Crippen molar-refractivity contribution in [2.45, 2.75) is 29.8 Å². The molecule has 4 rings (SSSR count). The lowest BCUT2D eigenvalue weighted by Crippen LogP contribution is -2.31. The lowest BCUT2D eigenvalue weighted by molar-refractivity contribution is -0.137. The third-order valence-electron chi connectivity index (χ3n) is 7.05. The Bertz CT molecular complexity index is 2020. The number of carbonyl (C=O) groups excluding carboxylic acids is 1. The van der Waals surface area contributed by atoms with E-state index in [-0.39, 0.29) is 39.2 Å². The van der Waals surface area contributed by atoms with Crippen LogP contribution in [-0.2, 0) is 26.2 Å². The first kappa shape index (κ1) is 34.5. The molecule has 0 atom stereocenters. The average Bonchev–Trinajstić information content (AvgIpc) is 3.00. The van der Waals surface area contributed by atoms with Crippen LogP contribution in [0.4, 0.5) is 24.5 Å². The zero-order chi connectivity index (χ0) is 34.0. The van der Waals surface area contributed by atoms with Crippen molar-refractivity contribution in [1.29, 1.82) is 0 Å². The van der Waals surface area contributed by atoms with E-state index in [1.165, 1.54) is 49.5 Å². The fourth-order valence-corrected chi connectivity index (χ4v) is 7.23. The minimum absolute atomic E-state index is 0.00676. The molecule has 0 heterocycles. The molecule has 0 bridgehead atoms. The van der Waals surface area contributed by atoms with Crippen molar-refractivity contribution < 1.29 is 39.5 Å². The van der Waals surface area contributed by atoms with E-state index in [1.807, 2.05) is 13.8 Å². The van der Waals surface area contributed by atoms with Crippen molar-refractivity contribution in [3.05, 3.63) is 125 Å². The van der Waals surface area contributed by atoms with Crippen LogP contribution in [0.3, 0.4) is 0 Å². The van der Waals surface area contributed by atoms with Crippen LogP contribution in [-0.4, -0.2) is 36.4 Å². The first-order chi connectivity index (χ1) is 21.5. The van der Waals surface area contributed by atoms with Gasteiger partial charge in [-0.3, -0.25) is 8.61 Å². The molecule has 0 saturated carbocycles. The van der Waals surface area contributed by atoms with E-state index in [2.05, 4.69) is 6.58 Å². The molecule has 0 spiro atoms. The molecule has 0 N–H and O–H groups in total. The zero-order valence-corrected chi connectivity index (χ0v) is 27.1. The molecule has 0 radical (unpaired) electrons. The van der Waals surface area contributed by atoms with Crippen LogP contribution in [0.15, 0.2) is 107 Å². The minimum atomic E-state index is -4.71. The summed E-state index contributed by atoms with van der Waals surface area (Å²) in [5, 5.41) is -0.144. The summed E-state index contributed by atoms with van der Waals surface area (Å²) in [6.07, 6.45) is -3.50. The van der Waals surface area contributed by atoms with Gasteiger partial charge in [-0.25, -0.2) is 21.6 Å². The normalized spacial score (nSPS) is 12.0. The summed E-state index contributed by atoms with van der Waals surface area (Å²) < 4.78 is 101. The Balaban J connectivity index is 1.58. The molecule has 0 amide bonds. The summed E-state index contributed by atoms with van der Waals surface area (Å²) in [5.41, 5.74) is 0.398. The van der Waals surface area contributed by atoms with Gasteiger partial charge in [-0.15, -0.1) is 6.58 Å². The second-order valence-corrected chi connectivity index (χ2v) is 14.4. The summed E-state index contributed by atoms with van der Waals surface area (Å²) in [6.45, 7) is 6.81. The van der Waals surface area contributed by atoms with E-state index in [1.54, 1.807) is 12.1 Å². The second-order valence-electron chi connectivity index (χ2n) is 10.1. The fourth-order valence-electron chi connectivity index (χ4n) is 4.30. The van der Waals surface area contributed by atoms with Crippen molar-refractivity contribution in [1.82, 2.24) is 0 Å². The number of carbonyl (C=O) groups is 1. The molecule has 0 aliphatic heterocycles. The number of rotatable bonds is 10. The van der Waals surface area contributed by atoms with Crippen molar-refractivity contribution in [2.24, 2.45) is 0 Å². The van der Waals surface area contributed by atoms with Crippen LogP contribution in [0, 0.1) is 13.8 Å². The van der Waals surface area contributed by atoms with Gasteiger partial charge in [0.25, 0.3) is 20.0 Å². The standard InChI is InChI=1S/C32H28ClF3N2O6S2/c1-5-17-38(25-8-6-7-23(19-25)32(34,35)36)46(42,43)28-15-16-30(33)29(20-28)31(39)44-26-12-10-24(11-13-26)37(4)45(40,41)27-14-9-21(2)22(3)18-27/h5-16,18-20H,1,17H2,2-4H3. The largest absolute Gasteiger partial charge is 0.423 e. The molecule has 46 heavy (non-hydrogen) atoms. The maximum absolute atomic E-state index is 13.6. The number of hydrogen-bond donors (Lipinski definition) is 0. The molecule has 4 aromatic rings. The molecular formula is C32H28ClF3N2O6S2. The number of sulfonamides is 2. The molecule has 0 aliphatic carbocycles. The number of ether oxygens (including phenoxy) is 1. The third kappa shape index (κ3) is 7.22. The molecule has 8 nitrogen and oxygen atoms in total. The number of halogens is 4. The molecule has 14 heteroatoms. The number of aryl methyl sites for hydroxylation is 2. The molecule has 242 valence electrons. The molecular weight excluding hydrogens is 665 g/mol. The summed E-state index contributed by atoms with van der Waals surface area (Å²) in [6, 6.07) is 17.4. The third-order valence-corrected chi connectivity index (χ3v) is 11.0. The second kappa shape index (κ2) is 13.2. The van der Waals surface area contributed by atoms with E-state index in [0.717, 1.165) is 50.1 Å². The van der Waals surface area contributed by atoms with Crippen LogP contribution in [0.2, 0.25) is 5.02 Å². The number of benzene rings is 4. The SMILES string of the molecule is C=CCN(c1cccc(C(F)(F)F)c1)S(=O)(=O)c1ccc(Cl)c(C(=O)Oc2ccc(N(C)S(=O)(=O)c3ccc(C)c(C)c3)cc2)c1. The van der Waals surface area contributed by atoms with Crippen LogP contribution in [0.25, 0.3) is 0 Å². The summed E-state index contributed by atoms with van der Waals surface area (Å²) in [5.74, 6) is -1.02. The molecule has 0 fully saturated rings. The predicted molar refractivity (Wildman–Crippen MR) is 171 cm³/mol. The Labute approximate surface area is 270 Å². The van der Waals surface area contributed by atoms with E-state index >= 15 is 0 Å². The van der Waals surface area contributed by atoms with Crippen molar-refractivity contribution >= 4 is 49.0 Å². The molecule has 0 unspecified atom stereocenters. The van der Waals surface area contributed by atoms with Crippen molar-refractivity contribution in [3.8, 4) is 5.75 Å². The topological polar surface area (TPSA) is 101 Å². The number of anilines is 2. The first-order valence-electron chi connectivity index (χ1n) is 13.5. The van der Waals surface area contributed by atoms with E-state index in [9.17, 15) is 34.8 Å². The number of hydrogen-bond acceptors (Lipinski definition) is 6. The quantitative estimate of drug-likeness (QED) is 0.0976. The predicted octanol–water partition coefficient (Wildman–Crippen LogP) is 7.40. The van der Waals surface area contributed by atoms with Crippen LogP contribution < -0.4 is 13.3 Å². The van der Waals surface area contributed by atoms with Gasteiger partial charge in [0.05, 0.1) is 43.9 Å². The molecule has 0 aromatic heterocycles. The Morgan fingerprint density at radius 1 is 0.848 bits per heavy atom. The highest BCUT2D eigenvalue weighted by Crippen LogP contribution is 2.34. The van der Waals surface area contributed by atoms with Crippen molar-refractivity contribution in [2.75, 3.05) is 22.2 Å². The van der Waals surface area contributed by atoms with Gasteiger partial charge in [-0.1, -0.05) is 29.8 Å². The fraction of sp³-hybridized carbons (Fsp3) is 0.156. The molecule has 0 aliphatic rings. The highest BCUT2D eigenvalue weighted by Gasteiger charge is 2.33. The van der Waals surface area contributed by atoms with Gasteiger partial charge in [-0.2, -0.15) is 13.2 Å². The number of nitrogens with zero attached hydrogens (tertiary/aromatic N) is 2. The smallest absolute Gasteiger partial charge is 0.416 e. The maximum atomic E-state index is 13.6. The summed E-state index contributed by atoms with van der Waals surface area (Å²) in [4.78, 5) is 12.8. The van der Waals surface area contributed by atoms with Gasteiger partial charge in [0.15, 0.2) is 0 Å². The summed E-state index contributed by atoms with van der Waals surface area (Å²) in [7, 11) is -7.02. The van der Waals surface area contributed by atoms with Gasteiger partial charge in [0, 0.05) is 7.05 Å². The number of esters is 1. The van der Waals surface area contributed by atoms with E-state index in [0.29, 0.717) is 6.07 Å². The lowest BCUT2D eigenvalue weighted by Gasteiger charge is -2.24. The van der Waals surface area contributed by atoms with Crippen molar-refractivity contribution in [3.63, 3.8) is 0 Å². The first-order valence-corrected chi connectivity index (χ1v) is 16.7. The highest BCUT2D eigenvalue weighted by atomic mass is 35.5. The number of alkyl halides is 3. The Kier molecular flexibility index (Phi) is 9.90. The van der Waals surface area contributed by atoms with Crippen LogP contribution in [0.1, 0.15) is 27.0 Å². The lowest BCUT2D eigenvalue weighted by atomic mass is 10.1. The highest BCUT2D eigenvalue weighted by molar-refractivity contribution is 7.93.